The maximum Gasteiger partial charge on any atom is 0.321 e. The van der Waals surface area contributed by atoms with Crippen molar-refractivity contribution in [3.05, 3.63) is 0 Å². The van der Waals surface area contributed by atoms with Gasteiger partial charge in [0.25, 0.3) is 0 Å². The molecular weight excluding hydrogens is 196 g/mol. The van der Waals surface area contributed by atoms with Gasteiger partial charge < -0.3 is 10.1 Å². The molecule has 0 aromatic carbocycles. The third-order valence-electron chi connectivity index (χ3n) is 1.19. The van der Waals surface area contributed by atoms with E-state index in [4.69, 9.17) is 16.3 Å². The standard InChI is InChI=1S/C7H13ClN2O3/c1-5(8)6(11)10-7(12)9-3-4-13-2/h5H,3-4H2,1-2H3,(H2,9,10,11,12). The monoisotopic (exact) mass is 208 g/mol. The van der Waals surface area contributed by atoms with Gasteiger partial charge in [0.1, 0.15) is 5.38 Å². The van der Waals surface area contributed by atoms with Gasteiger partial charge >= 0.3 is 6.03 Å². The molecule has 1 unspecified atom stereocenters. The maximum atomic E-state index is 10.9. The Morgan fingerprint density at radius 3 is 2.62 bits per heavy atom. The van der Waals surface area contributed by atoms with E-state index < -0.39 is 17.3 Å². The van der Waals surface area contributed by atoms with Crippen molar-refractivity contribution in [2.24, 2.45) is 0 Å². The Kier molecular flexibility index (Phi) is 6.26. The van der Waals surface area contributed by atoms with Crippen molar-refractivity contribution in [1.82, 2.24) is 10.6 Å². The average Bonchev–Trinajstić information content (AvgIpc) is 2.04. The van der Waals surface area contributed by atoms with E-state index in [1.54, 1.807) is 0 Å². The highest BCUT2D eigenvalue weighted by molar-refractivity contribution is 6.31. The first-order chi connectivity index (χ1) is 6.07. The van der Waals surface area contributed by atoms with Crippen LogP contribution in [0.3, 0.4) is 0 Å². The van der Waals surface area contributed by atoms with Crippen LogP contribution >= 0.6 is 11.6 Å². The highest BCUT2D eigenvalue weighted by Crippen LogP contribution is 1.91. The summed E-state index contributed by atoms with van der Waals surface area (Å²) in [6.07, 6.45) is 0. The quantitative estimate of drug-likeness (QED) is 0.508. The number of amides is 3. The third-order valence-corrected chi connectivity index (χ3v) is 1.39. The maximum absolute atomic E-state index is 10.9. The number of hydrogen-bond donors (Lipinski definition) is 2. The lowest BCUT2D eigenvalue weighted by molar-refractivity contribution is -0.119. The molecule has 6 heteroatoms. The van der Waals surface area contributed by atoms with Crippen LogP contribution < -0.4 is 10.6 Å². The van der Waals surface area contributed by atoms with Crippen molar-refractivity contribution >= 4 is 23.5 Å². The molecule has 5 nitrogen and oxygen atoms in total. The summed E-state index contributed by atoms with van der Waals surface area (Å²) < 4.78 is 4.69. The van der Waals surface area contributed by atoms with Gasteiger partial charge in [0, 0.05) is 13.7 Å². The summed E-state index contributed by atoms with van der Waals surface area (Å²) in [6, 6.07) is -0.561. The van der Waals surface area contributed by atoms with Crippen molar-refractivity contribution in [1.29, 1.82) is 0 Å². The minimum Gasteiger partial charge on any atom is -0.383 e. The van der Waals surface area contributed by atoms with E-state index in [1.807, 2.05) is 0 Å². The molecule has 0 aliphatic carbocycles. The van der Waals surface area contributed by atoms with Gasteiger partial charge in [0.05, 0.1) is 6.61 Å². The van der Waals surface area contributed by atoms with Gasteiger partial charge in [-0.15, -0.1) is 11.6 Å². The summed E-state index contributed by atoms with van der Waals surface area (Å²) >= 11 is 5.42. The molecule has 0 radical (unpaired) electrons. The lowest BCUT2D eigenvalue weighted by atomic mass is 10.4. The molecule has 0 saturated carbocycles. The summed E-state index contributed by atoms with van der Waals surface area (Å²) in [6.45, 7) is 2.24. The van der Waals surface area contributed by atoms with E-state index in [2.05, 4.69) is 10.6 Å². The number of carbonyl (C=O) groups excluding carboxylic acids is 2. The Bertz CT molecular complexity index is 185. The molecule has 2 N–H and O–H groups in total. The molecule has 0 rings (SSSR count). The smallest absolute Gasteiger partial charge is 0.321 e. The number of rotatable bonds is 4. The number of hydrogen-bond acceptors (Lipinski definition) is 3. The lowest BCUT2D eigenvalue weighted by Gasteiger charge is -2.06. The van der Waals surface area contributed by atoms with Crippen molar-refractivity contribution in [2.45, 2.75) is 12.3 Å². The Morgan fingerprint density at radius 2 is 2.15 bits per heavy atom. The zero-order chi connectivity index (χ0) is 10.3. The summed E-state index contributed by atoms with van der Waals surface area (Å²) in [5.41, 5.74) is 0. The Hall–Kier alpha value is -0.810. The topological polar surface area (TPSA) is 67.4 Å². The molecule has 1 atom stereocenters. The number of urea groups is 1. The second-order valence-electron chi connectivity index (χ2n) is 2.35. The van der Waals surface area contributed by atoms with Gasteiger partial charge in [0.15, 0.2) is 0 Å². The predicted octanol–water partition coefficient (Wildman–Crippen LogP) is 0.0859. The normalized spacial score (nSPS) is 11.9. The molecule has 0 aliphatic heterocycles. The first-order valence-corrected chi connectivity index (χ1v) is 4.23. The van der Waals surface area contributed by atoms with Gasteiger partial charge in [-0.25, -0.2) is 4.79 Å². The summed E-state index contributed by atoms with van der Waals surface area (Å²) in [5, 5.41) is 3.76. The Morgan fingerprint density at radius 1 is 1.54 bits per heavy atom. The van der Waals surface area contributed by atoms with Crippen LogP contribution in [0.2, 0.25) is 0 Å². The molecule has 0 spiro atoms. The SMILES string of the molecule is COCCNC(=O)NC(=O)C(C)Cl. The minimum absolute atomic E-state index is 0.353. The van der Waals surface area contributed by atoms with Crippen LogP contribution in [0.5, 0.6) is 0 Å². The van der Waals surface area contributed by atoms with E-state index in [-0.39, 0.29) is 0 Å². The second-order valence-corrected chi connectivity index (χ2v) is 3.01. The van der Waals surface area contributed by atoms with Crippen molar-refractivity contribution in [3.63, 3.8) is 0 Å². The number of carbonyl (C=O) groups is 2. The van der Waals surface area contributed by atoms with E-state index in [0.29, 0.717) is 13.2 Å². The van der Waals surface area contributed by atoms with Crippen LogP contribution in [-0.2, 0) is 9.53 Å². The first-order valence-electron chi connectivity index (χ1n) is 3.79. The van der Waals surface area contributed by atoms with Gasteiger partial charge in [-0.05, 0) is 6.92 Å². The minimum atomic E-state index is -0.715. The van der Waals surface area contributed by atoms with Crippen LogP contribution in [0.4, 0.5) is 4.79 Å². The van der Waals surface area contributed by atoms with E-state index in [9.17, 15) is 9.59 Å². The summed E-state index contributed by atoms with van der Waals surface area (Å²) in [5.74, 6) is -0.517. The van der Waals surface area contributed by atoms with Gasteiger partial charge in [-0.2, -0.15) is 0 Å². The van der Waals surface area contributed by atoms with Gasteiger partial charge in [-0.1, -0.05) is 0 Å². The van der Waals surface area contributed by atoms with E-state index >= 15 is 0 Å². The average molecular weight is 209 g/mol. The number of halogens is 1. The van der Waals surface area contributed by atoms with Crippen LogP contribution in [0.1, 0.15) is 6.92 Å². The van der Waals surface area contributed by atoms with Crippen LogP contribution in [-0.4, -0.2) is 37.6 Å². The van der Waals surface area contributed by atoms with Crippen LogP contribution in [0.25, 0.3) is 0 Å². The van der Waals surface area contributed by atoms with Crippen molar-refractivity contribution in [3.8, 4) is 0 Å². The number of ether oxygens (including phenoxy) is 1. The second kappa shape index (κ2) is 6.68. The largest absolute Gasteiger partial charge is 0.383 e. The molecule has 0 aliphatic rings. The molecular formula is C7H13ClN2O3. The molecule has 0 aromatic heterocycles. The Labute approximate surface area is 81.8 Å². The van der Waals surface area contributed by atoms with Gasteiger partial charge in [-0.3, -0.25) is 10.1 Å². The van der Waals surface area contributed by atoms with Gasteiger partial charge in [0.2, 0.25) is 5.91 Å². The van der Waals surface area contributed by atoms with Crippen LogP contribution in [0, 0.1) is 0 Å². The van der Waals surface area contributed by atoms with E-state index in [1.165, 1.54) is 14.0 Å². The summed E-state index contributed by atoms with van der Waals surface area (Å²) in [4.78, 5) is 21.7. The molecule has 0 saturated heterocycles. The molecule has 0 fully saturated rings. The molecule has 0 aromatic rings. The number of imide groups is 1. The fourth-order valence-electron chi connectivity index (χ4n) is 0.522. The zero-order valence-electron chi connectivity index (χ0n) is 7.59. The molecule has 0 bridgehead atoms. The van der Waals surface area contributed by atoms with E-state index in [0.717, 1.165) is 0 Å². The number of methoxy groups -OCH3 is 1. The Balaban J connectivity index is 3.56. The van der Waals surface area contributed by atoms with Crippen molar-refractivity contribution < 1.29 is 14.3 Å². The number of alkyl halides is 1. The highest BCUT2D eigenvalue weighted by atomic mass is 35.5. The number of nitrogens with one attached hydrogen (secondary N) is 2. The molecule has 13 heavy (non-hydrogen) atoms. The van der Waals surface area contributed by atoms with Crippen molar-refractivity contribution in [2.75, 3.05) is 20.3 Å². The lowest BCUT2D eigenvalue weighted by Crippen LogP contribution is -2.43. The fraction of sp³-hybridized carbons (Fsp3) is 0.714. The first kappa shape index (κ1) is 12.2. The molecule has 3 amide bonds. The summed E-state index contributed by atoms with van der Waals surface area (Å²) in [7, 11) is 1.52. The third kappa shape index (κ3) is 6.36. The fourth-order valence-corrected chi connectivity index (χ4v) is 0.577. The predicted molar refractivity (Wildman–Crippen MR) is 48.7 cm³/mol. The molecule has 76 valence electrons. The van der Waals surface area contributed by atoms with Crippen LogP contribution in [0.15, 0.2) is 0 Å². The highest BCUT2D eigenvalue weighted by Gasteiger charge is 2.11. The molecule has 0 heterocycles. The zero-order valence-corrected chi connectivity index (χ0v) is 8.35.